The van der Waals surface area contributed by atoms with Gasteiger partial charge in [-0.05, 0) is 70.7 Å². The molecular weight excluding hydrogens is 406 g/mol. The quantitative estimate of drug-likeness (QED) is 0.464. The van der Waals surface area contributed by atoms with Crippen molar-refractivity contribution in [3.63, 3.8) is 0 Å². The van der Waals surface area contributed by atoms with Gasteiger partial charge in [-0.3, -0.25) is 9.80 Å². The molecule has 7 heteroatoms. The van der Waals surface area contributed by atoms with Gasteiger partial charge >= 0.3 is 12.1 Å². The molecule has 0 spiro atoms. The second-order valence-electron chi connectivity index (χ2n) is 9.61. The van der Waals surface area contributed by atoms with Crippen molar-refractivity contribution < 1.29 is 19.1 Å². The lowest BCUT2D eigenvalue weighted by Crippen LogP contribution is -2.46. The molecule has 2 heterocycles. The molecule has 1 amide bonds. The zero-order chi connectivity index (χ0) is 23.1. The number of likely N-dealkylation sites (tertiary alicyclic amines) is 1. The maximum absolute atomic E-state index is 13.2. The molecule has 1 saturated carbocycles. The number of carbonyl (C=O) groups excluding carboxylic acids is 2. The smallest absolute Gasteiger partial charge is 0.416 e. The minimum atomic E-state index is -0.584. The van der Waals surface area contributed by atoms with Gasteiger partial charge in [0.1, 0.15) is 11.4 Å². The largest absolute Gasteiger partial charge is 0.463 e. The molecule has 3 rings (SSSR count). The molecule has 0 radical (unpaired) electrons. The van der Waals surface area contributed by atoms with Crippen LogP contribution in [0.25, 0.3) is 6.08 Å². The molecule has 176 valence electrons. The van der Waals surface area contributed by atoms with Crippen molar-refractivity contribution in [2.24, 2.45) is 0 Å². The van der Waals surface area contributed by atoms with E-state index in [0.29, 0.717) is 18.5 Å². The third-order valence-electron chi connectivity index (χ3n) is 5.96. The summed E-state index contributed by atoms with van der Waals surface area (Å²) >= 11 is 0. The van der Waals surface area contributed by atoms with Gasteiger partial charge in [0, 0.05) is 31.4 Å². The zero-order valence-corrected chi connectivity index (χ0v) is 19.9. The number of esters is 1. The molecule has 1 aromatic rings. The van der Waals surface area contributed by atoms with Crippen LogP contribution in [-0.4, -0.2) is 59.3 Å². The summed E-state index contributed by atoms with van der Waals surface area (Å²) in [5, 5.41) is 0. The predicted molar refractivity (Wildman–Crippen MR) is 125 cm³/mol. The van der Waals surface area contributed by atoms with Crippen LogP contribution >= 0.6 is 0 Å². The van der Waals surface area contributed by atoms with E-state index in [2.05, 4.69) is 9.88 Å². The van der Waals surface area contributed by atoms with E-state index >= 15 is 0 Å². The number of carbonyl (C=O) groups is 2. The number of aromatic nitrogens is 1. The van der Waals surface area contributed by atoms with Gasteiger partial charge in [0.25, 0.3) is 0 Å². The molecule has 0 aromatic carbocycles. The Hall–Kier alpha value is -2.41. The minimum Gasteiger partial charge on any atom is -0.463 e. The van der Waals surface area contributed by atoms with Crippen LogP contribution in [0.3, 0.4) is 0 Å². The predicted octanol–water partition coefficient (Wildman–Crippen LogP) is 4.81. The van der Waals surface area contributed by atoms with E-state index in [1.807, 2.05) is 32.9 Å². The lowest BCUT2D eigenvalue weighted by Gasteiger charge is -2.33. The summed E-state index contributed by atoms with van der Waals surface area (Å²) in [7, 11) is 0. The van der Waals surface area contributed by atoms with Crippen LogP contribution in [0.15, 0.2) is 24.4 Å². The summed E-state index contributed by atoms with van der Waals surface area (Å²) < 4.78 is 10.6. The van der Waals surface area contributed by atoms with Crippen LogP contribution in [0, 0.1) is 0 Å². The molecule has 7 nitrogen and oxygen atoms in total. The van der Waals surface area contributed by atoms with Gasteiger partial charge in [0.15, 0.2) is 0 Å². The third-order valence-corrected chi connectivity index (χ3v) is 5.96. The summed E-state index contributed by atoms with van der Waals surface area (Å²) in [5.41, 5.74) is 0.181. The molecule has 32 heavy (non-hydrogen) atoms. The van der Waals surface area contributed by atoms with Gasteiger partial charge in [0.2, 0.25) is 0 Å². The minimum absolute atomic E-state index is 0.0280. The molecule has 1 aromatic heterocycles. The fourth-order valence-corrected chi connectivity index (χ4v) is 4.49. The maximum atomic E-state index is 13.2. The van der Waals surface area contributed by atoms with Gasteiger partial charge < -0.3 is 9.47 Å². The van der Waals surface area contributed by atoms with E-state index in [1.54, 1.807) is 24.1 Å². The topological polar surface area (TPSA) is 72.0 Å². The summed E-state index contributed by atoms with van der Waals surface area (Å²) in [6, 6.07) is 4.32. The van der Waals surface area contributed by atoms with Gasteiger partial charge in [-0.2, -0.15) is 0 Å². The van der Waals surface area contributed by atoms with E-state index in [4.69, 9.17) is 9.47 Å². The molecule has 0 bridgehead atoms. The molecule has 2 aliphatic rings. The third kappa shape index (κ3) is 6.79. The molecule has 1 atom stereocenters. The van der Waals surface area contributed by atoms with Crippen molar-refractivity contribution in [1.82, 2.24) is 9.88 Å². The first-order chi connectivity index (χ1) is 15.3. The Morgan fingerprint density at radius 1 is 1.19 bits per heavy atom. The summed E-state index contributed by atoms with van der Waals surface area (Å²) in [6.45, 7) is 9.58. The van der Waals surface area contributed by atoms with Crippen LogP contribution in [0.5, 0.6) is 0 Å². The van der Waals surface area contributed by atoms with Crippen LogP contribution in [-0.2, 0) is 14.3 Å². The normalized spacial score (nSPS) is 20.4. The summed E-state index contributed by atoms with van der Waals surface area (Å²) in [5.74, 6) is 0.184. The van der Waals surface area contributed by atoms with Gasteiger partial charge in [-0.15, -0.1) is 0 Å². The first-order valence-electron chi connectivity index (χ1n) is 11.8. The Labute approximate surface area is 191 Å². The van der Waals surface area contributed by atoms with Gasteiger partial charge in [0.05, 0.1) is 12.6 Å². The lowest BCUT2D eigenvalue weighted by atomic mass is 9.94. The summed E-state index contributed by atoms with van der Waals surface area (Å²) in [4.78, 5) is 33.5. The molecule has 0 unspecified atom stereocenters. The second-order valence-corrected chi connectivity index (χ2v) is 9.61. The number of hydrogen-bond acceptors (Lipinski definition) is 6. The average Bonchev–Trinajstić information content (AvgIpc) is 3.22. The van der Waals surface area contributed by atoms with Crippen molar-refractivity contribution in [3.05, 3.63) is 30.0 Å². The standard InChI is InChI=1S/C25H37N3O4/c1-5-31-23(29)14-12-19-11-13-22(26-17-19)28(24(30)32-25(2,3)4)21-15-16-27(18-21)20-9-7-6-8-10-20/h11-14,17,20-21H,5-10,15-16,18H2,1-4H3/t21-/m1/s1. The average molecular weight is 444 g/mol. The Kier molecular flexibility index (Phi) is 8.29. The molecular formula is C25H37N3O4. The Balaban J connectivity index is 1.76. The highest BCUT2D eigenvalue weighted by molar-refractivity contribution is 5.88. The van der Waals surface area contributed by atoms with Crippen molar-refractivity contribution in [2.75, 3.05) is 24.6 Å². The number of amides is 1. The fourth-order valence-electron chi connectivity index (χ4n) is 4.49. The van der Waals surface area contributed by atoms with Crippen molar-refractivity contribution in [1.29, 1.82) is 0 Å². The first kappa shape index (κ1) is 24.2. The molecule has 0 N–H and O–H groups in total. The first-order valence-corrected chi connectivity index (χ1v) is 11.8. The highest BCUT2D eigenvalue weighted by Gasteiger charge is 2.37. The Bertz CT molecular complexity index is 794. The number of rotatable bonds is 6. The van der Waals surface area contributed by atoms with E-state index < -0.39 is 5.60 Å². The second kappa shape index (κ2) is 10.9. The SMILES string of the molecule is CCOC(=O)C=Cc1ccc(N(C(=O)OC(C)(C)C)[C@@H]2CCN(C3CCCCC3)C2)nc1. The Morgan fingerprint density at radius 2 is 1.94 bits per heavy atom. The van der Waals surface area contributed by atoms with E-state index in [-0.39, 0.29) is 18.1 Å². The number of ether oxygens (including phenoxy) is 2. The molecule has 1 aliphatic heterocycles. The molecule has 2 fully saturated rings. The van der Waals surface area contributed by atoms with Crippen LogP contribution in [0.1, 0.15) is 71.8 Å². The van der Waals surface area contributed by atoms with Crippen LogP contribution < -0.4 is 4.90 Å². The highest BCUT2D eigenvalue weighted by atomic mass is 16.6. The van der Waals surface area contributed by atoms with Crippen molar-refractivity contribution in [2.45, 2.75) is 83.9 Å². The van der Waals surface area contributed by atoms with Gasteiger partial charge in [-0.1, -0.05) is 19.3 Å². The van der Waals surface area contributed by atoms with Crippen LogP contribution in [0.4, 0.5) is 10.6 Å². The molecule has 1 aliphatic carbocycles. The van der Waals surface area contributed by atoms with Gasteiger partial charge in [-0.25, -0.2) is 14.6 Å². The monoisotopic (exact) mass is 443 g/mol. The Morgan fingerprint density at radius 3 is 2.56 bits per heavy atom. The van der Waals surface area contributed by atoms with Crippen molar-refractivity contribution in [3.8, 4) is 0 Å². The number of nitrogens with zero attached hydrogens (tertiary/aromatic N) is 3. The van der Waals surface area contributed by atoms with Crippen LogP contribution in [0.2, 0.25) is 0 Å². The summed E-state index contributed by atoms with van der Waals surface area (Å²) in [6.07, 6.45) is 11.7. The van der Waals surface area contributed by atoms with E-state index in [1.165, 1.54) is 38.2 Å². The number of anilines is 1. The number of pyridine rings is 1. The highest BCUT2D eigenvalue weighted by Crippen LogP contribution is 2.30. The fraction of sp³-hybridized carbons (Fsp3) is 0.640. The van der Waals surface area contributed by atoms with E-state index in [0.717, 1.165) is 25.1 Å². The van der Waals surface area contributed by atoms with Crippen molar-refractivity contribution >= 4 is 24.0 Å². The maximum Gasteiger partial charge on any atom is 0.416 e. The zero-order valence-electron chi connectivity index (χ0n) is 19.9. The van der Waals surface area contributed by atoms with E-state index in [9.17, 15) is 9.59 Å². The lowest BCUT2D eigenvalue weighted by molar-refractivity contribution is -0.137. The molecule has 1 saturated heterocycles. The number of hydrogen-bond donors (Lipinski definition) is 0.